The molecule has 0 spiro atoms. The molecule has 3 aliphatic carbocycles. The molecule has 3 atom stereocenters. The van der Waals surface area contributed by atoms with Gasteiger partial charge in [-0.1, -0.05) is 95.4 Å². The largest absolute Gasteiger partial charge is 0.368 e. The number of allylic oxidation sites excluding steroid dienone is 2. The quantitative estimate of drug-likeness (QED) is 0.209. The Kier molecular flexibility index (Phi) is 8.08. The average molecular weight is 471 g/mol. The van der Waals surface area contributed by atoms with Gasteiger partial charge in [0, 0.05) is 11.5 Å². The third-order valence-corrected chi connectivity index (χ3v) is 9.73. The molecular weight excluding hydrogens is 426 g/mol. The van der Waals surface area contributed by atoms with Crippen LogP contribution in [0.5, 0.6) is 0 Å². The van der Waals surface area contributed by atoms with Gasteiger partial charge in [-0.3, -0.25) is 0 Å². The number of hydrogen-bond acceptors (Lipinski definition) is 1. The summed E-state index contributed by atoms with van der Waals surface area (Å²) in [5, 5.41) is 0. The molecule has 2 saturated carbocycles. The summed E-state index contributed by atoms with van der Waals surface area (Å²) in [7, 11) is 0. The van der Waals surface area contributed by atoms with Gasteiger partial charge in [-0.25, -0.2) is 8.78 Å². The summed E-state index contributed by atoms with van der Waals surface area (Å²) in [5.74, 6) is 2.96. The van der Waals surface area contributed by atoms with Crippen LogP contribution >= 0.6 is 0 Å². The molecule has 0 amide bonds. The van der Waals surface area contributed by atoms with Crippen molar-refractivity contribution >= 4 is 0 Å². The monoisotopic (exact) mass is 470 g/mol. The standard InChI is InChI=1S/C31H44F2O/c1-21-6-8-22(9-7-21)4-2-3-5-23-10-12-24(13-11-23)25-14-16-26(17-15-25)27-18-19-28(29-20-34-29)31(33)30(27)32/h14,16,18-19,21-26,29H,2-13,15,17,20H2,1H3. The van der Waals surface area contributed by atoms with Crippen molar-refractivity contribution in [2.75, 3.05) is 6.61 Å². The molecule has 3 heteroatoms. The van der Waals surface area contributed by atoms with E-state index >= 15 is 0 Å². The molecule has 3 fully saturated rings. The molecule has 1 nitrogen and oxygen atoms in total. The number of benzene rings is 1. The van der Waals surface area contributed by atoms with Crippen molar-refractivity contribution in [1.82, 2.24) is 0 Å². The number of epoxide rings is 1. The lowest BCUT2D eigenvalue weighted by Crippen LogP contribution is -2.23. The molecule has 0 aromatic heterocycles. The van der Waals surface area contributed by atoms with Crippen LogP contribution in [-0.2, 0) is 4.74 Å². The predicted molar refractivity (Wildman–Crippen MR) is 135 cm³/mol. The van der Waals surface area contributed by atoms with Gasteiger partial charge in [-0.05, 0) is 60.8 Å². The van der Waals surface area contributed by atoms with Gasteiger partial charge >= 0.3 is 0 Å². The normalized spacial score (nSPS) is 35.9. The Labute approximate surface area is 205 Å². The Bertz CT molecular complexity index is 828. The van der Waals surface area contributed by atoms with Crippen LogP contribution in [0.4, 0.5) is 8.78 Å². The van der Waals surface area contributed by atoms with Crippen LogP contribution in [0.2, 0.25) is 0 Å². The van der Waals surface area contributed by atoms with Crippen LogP contribution in [0.25, 0.3) is 0 Å². The summed E-state index contributed by atoms with van der Waals surface area (Å²) in [6, 6.07) is 3.51. The lowest BCUT2D eigenvalue weighted by atomic mass is 9.70. The number of hydrogen-bond donors (Lipinski definition) is 0. The second-order valence-corrected chi connectivity index (χ2v) is 12.1. The molecule has 4 aliphatic rings. The second kappa shape index (κ2) is 11.2. The molecule has 0 radical (unpaired) electrons. The Morgan fingerprint density at radius 2 is 1.32 bits per heavy atom. The first-order valence-corrected chi connectivity index (χ1v) is 14.4. The van der Waals surface area contributed by atoms with E-state index < -0.39 is 11.6 Å². The Morgan fingerprint density at radius 3 is 1.91 bits per heavy atom. The van der Waals surface area contributed by atoms with Crippen molar-refractivity contribution in [3.8, 4) is 0 Å². The van der Waals surface area contributed by atoms with E-state index in [4.69, 9.17) is 4.74 Å². The highest BCUT2D eigenvalue weighted by Crippen LogP contribution is 2.43. The Morgan fingerprint density at radius 1 is 0.735 bits per heavy atom. The van der Waals surface area contributed by atoms with Crippen molar-refractivity contribution in [3.05, 3.63) is 47.0 Å². The van der Waals surface area contributed by atoms with Crippen molar-refractivity contribution < 1.29 is 13.5 Å². The van der Waals surface area contributed by atoms with Gasteiger partial charge in [-0.15, -0.1) is 0 Å². The molecule has 3 unspecified atom stereocenters. The van der Waals surface area contributed by atoms with E-state index in [1.54, 1.807) is 12.1 Å². The van der Waals surface area contributed by atoms with Gasteiger partial charge < -0.3 is 4.74 Å². The molecular formula is C31H44F2O. The average Bonchev–Trinajstić information content (AvgIpc) is 3.71. The highest BCUT2D eigenvalue weighted by atomic mass is 19.2. The van der Waals surface area contributed by atoms with E-state index in [9.17, 15) is 8.78 Å². The van der Waals surface area contributed by atoms with Gasteiger partial charge in [-0.2, -0.15) is 0 Å². The summed E-state index contributed by atoms with van der Waals surface area (Å²) in [4.78, 5) is 0. The summed E-state index contributed by atoms with van der Waals surface area (Å²) in [5.41, 5.74) is 0.891. The van der Waals surface area contributed by atoms with Crippen LogP contribution < -0.4 is 0 Å². The molecule has 0 N–H and O–H groups in total. The number of halogens is 2. The fourth-order valence-corrected chi connectivity index (χ4v) is 7.22. The first kappa shape index (κ1) is 24.5. The van der Waals surface area contributed by atoms with E-state index in [-0.39, 0.29) is 12.0 Å². The summed E-state index contributed by atoms with van der Waals surface area (Å²) >= 11 is 0. The molecule has 1 heterocycles. The Hall–Kier alpha value is -1.22. The summed E-state index contributed by atoms with van der Waals surface area (Å²) in [6.45, 7) is 2.92. The highest BCUT2D eigenvalue weighted by Gasteiger charge is 2.33. The molecule has 1 aromatic rings. The zero-order valence-electron chi connectivity index (χ0n) is 21.1. The lowest BCUT2D eigenvalue weighted by molar-refractivity contribution is 0.204. The van der Waals surface area contributed by atoms with Gasteiger partial charge in [0.25, 0.3) is 0 Å². The predicted octanol–water partition coefficient (Wildman–Crippen LogP) is 9.28. The summed E-state index contributed by atoms with van der Waals surface area (Å²) < 4.78 is 34.3. The van der Waals surface area contributed by atoms with E-state index in [2.05, 4.69) is 19.1 Å². The third kappa shape index (κ3) is 5.94. The van der Waals surface area contributed by atoms with Gasteiger partial charge in [0.15, 0.2) is 11.6 Å². The third-order valence-electron chi connectivity index (χ3n) is 9.73. The minimum absolute atomic E-state index is 0.00337. The van der Waals surface area contributed by atoms with E-state index in [0.717, 1.165) is 36.5 Å². The lowest BCUT2D eigenvalue weighted by Gasteiger charge is -2.35. The topological polar surface area (TPSA) is 12.5 Å². The minimum atomic E-state index is -0.706. The van der Waals surface area contributed by atoms with E-state index in [1.165, 1.54) is 77.0 Å². The van der Waals surface area contributed by atoms with Crippen LogP contribution in [0, 0.1) is 41.2 Å². The van der Waals surface area contributed by atoms with Crippen LogP contribution in [-0.4, -0.2) is 6.61 Å². The van der Waals surface area contributed by atoms with Crippen molar-refractivity contribution in [1.29, 1.82) is 0 Å². The fourth-order valence-electron chi connectivity index (χ4n) is 7.22. The molecule has 0 bridgehead atoms. The van der Waals surface area contributed by atoms with Gasteiger partial charge in [0.1, 0.15) is 6.10 Å². The van der Waals surface area contributed by atoms with Crippen LogP contribution in [0.15, 0.2) is 24.3 Å². The van der Waals surface area contributed by atoms with E-state index in [0.29, 0.717) is 23.7 Å². The maximum Gasteiger partial charge on any atom is 0.165 e. The molecule has 188 valence electrons. The first-order valence-electron chi connectivity index (χ1n) is 14.4. The second-order valence-electron chi connectivity index (χ2n) is 12.1. The molecule has 1 saturated heterocycles. The van der Waals surface area contributed by atoms with E-state index in [1.807, 2.05) is 0 Å². The minimum Gasteiger partial charge on any atom is -0.368 e. The maximum absolute atomic E-state index is 14.7. The highest BCUT2D eigenvalue weighted by molar-refractivity contribution is 5.34. The molecule has 5 rings (SSSR count). The SMILES string of the molecule is CC1CCC(CCCCC2CCC(C3C=CC(c4ccc(C5CO5)c(F)c4F)CC3)CC2)CC1. The summed E-state index contributed by atoms with van der Waals surface area (Å²) in [6.07, 6.45) is 23.4. The number of unbranched alkanes of at least 4 members (excludes halogenated alkanes) is 1. The molecule has 1 aliphatic heterocycles. The zero-order valence-corrected chi connectivity index (χ0v) is 21.1. The number of rotatable bonds is 8. The first-order chi connectivity index (χ1) is 16.6. The van der Waals surface area contributed by atoms with Crippen molar-refractivity contribution in [2.45, 2.75) is 109 Å². The zero-order chi connectivity index (χ0) is 23.5. The van der Waals surface area contributed by atoms with Crippen LogP contribution in [0.1, 0.15) is 120 Å². The fraction of sp³-hybridized carbons (Fsp3) is 0.742. The number of ether oxygens (including phenoxy) is 1. The van der Waals surface area contributed by atoms with Crippen molar-refractivity contribution in [2.24, 2.45) is 29.6 Å². The molecule has 34 heavy (non-hydrogen) atoms. The van der Waals surface area contributed by atoms with Gasteiger partial charge in [0.05, 0.1) is 6.61 Å². The smallest absolute Gasteiger partial charge is 0.165 e. The van der Waals surface area contributed by atoms with Crippen molar-refractivity contribution in [3.63, 3.8) is 0 Å². The van der Waals surface area contributed by atoms with Gasteiger partial charge in [0.2, 0.25) is 0 Å². The molecule has 1 aromatic carbocycles. The van der Waals surface area contributed by atoms with Crippen LogP contribution in [0.3, 0.4) is 0 Å². The maximum atomic E-state index is 14.7. The Balaban J connectivity index is 1.03.